The minimum absolute atomic E-state index is 0.180. The quantitative estimate of drug-likeness (QED) is 0.308. The van der Waals surface area contributed by atoms with Gasteiger partial charge in [0.2, 0.25) is 0 Å². The lowest BCUT2D eigenvalue weighted by Crippen LogP contribution is -2.11. The predicted molar refractivity (Wildman–Crippen MR) is 83.4 cm³/mol. The van der Waals surface area contributed by atoms with Crippen LogP contribution in [0.15, 0.2) is 68.7 Å². The summed E-state index contributed by atoms with van der Waals surface area (Å²) in [7, 11) is -4.27. The van der Waals surface area contributed by atoms with Crippen LogP contribution >= 0.6 is 0 Å². The van der Waals surface area contributed by atoms with Crippen LogP contribution in [0, 0.1) is 10.1 Å². The Morgan fingerprint density at radius 1 is 1.04 bits per heavy atom. The van der Waals surface area contributed by atoms with Gasteiger partial charge in [-0.25, -0.2) is 4.79 Å². The second-order valence-electron chi connectivity index (χ2n) is 4.71. The van der Waals surface area contributed by atoms with Crippen molar-refractivity contribution in [2.75, 3.05) is 0 Å². The number of fused-ring (bicyclic) bond motifs is 1. The van der Waals surface area contributed by atoms with Crippen molar-refractivity contribution in [2.24, 2.45) is 0 Å². The second-order valence-corrected chi connectivity index (χ2v) is 6.26. The first-order valence-corrected chi connectivity index (χ1v) is 7.99. The molecule has 3 aromatic rings. The molecule has 0 bridgehead atoms. The molecule has 0 saturated carbocycles. The van der Waals surface area contributed by atoms with E-state index in [9.17, 15) is 23.3 Å². The Kier molecular flexibility index (Phi) is 3.78. The number of hydrogen-bond acceptors (Lipinski definition) is 7. The maximum absolute atomic E-state index is 12.3. The van der Waals surface area contributed by atoms with Gasteiger partial charge in [0.05, 0.1) is 16.4 Å². The van der Waals surface area contributed by atoms with E-state index in [1.807, 2.05) is 0 Å². The lowest BCUT2D eigenvalue weighted by molar-refractivity contribution is -0.384. The van der Waals surface area contributed by atoms with Gasteiger partial charge < -0.3 is 8.60 Å². The van der Waals surface area contributed by atoms with E-state index in [1.165, 1.54) is 6.07 Å². The topological polar surface area (TPSA) is 117 Å². The first kappa shape index (κ1) is 15.7. The zero-order valence-corrected chi connectivity index (χ0v) is 12.7. The van der Waals surface area contributed by atoms with Gasteiger partial charge in [-0.2, -0.15) is 8.42 Å². The molecule has 8 nitrogen and oxygen atoms in total. The van der Waals surface area contributed by atoms with Gasteiger partial charge in [0.15, 0.2) is 5.75 Å². The molecule has 0 aliphatic carbocycles. The highest BCUT2D eigenvalue weighted by molar-refractivity contribution is 7.87. The fourth-order valence-corrected chi connectivity index (χ4v) is 2.99. The van der Waals surface area contributed by atoms with E-state index >= 15 is 0 Å². The molecule has 24 heavy (non-hydrogen) atoms. The lowest BCUT2D eigenvalue weighted by Gasteiger charge is -2.08. The molecule has 0 amide bonds. The number of non-ortho nitro benzene ring substituents is 1. The summed E-state index contributed by atoms with van der Waals surface area (Å²) in [6, 6.07) is 11.4. The highest BCUT2D eigenvalue weighted by atomic mass is 32.2. The first-order chi connectivity index (χ1) is 11.4. The van der Waals surface area contributed by atoms with Crippen molar-refractivity contribution in [3.8, 4) is 5.75 Å². The third-order valence-electron chi connectivity index (χ3n) is 3.15. The monoisotopic (exact) mass is 347 g/mol. The SMILES string of the molecule is O=c1cc(OS(=O)(=O)c2ccc([N+](=O)[O-])cc2)c2ccccc2o1. The van der Waals surface area contributed by atoms with Crippen LogP contribution in [-0.2, 0) is 10.1 Å². The van der Waals surface area contributed by atoms with Crippen molar-refractivity contribution in [3.63, 3.8) is 0 Å². The number of nitro benzene ring substituents is 1. The molecule has 1 heterocycles. The lowest BCUT2D eigenvalue weighted by atomic mass is 10.2. The van der Waals surface area contributed by atoms with Crippen molar-refractivity contribution in [1.82, 2.24) is 0 Å². The summed E-state index contributed by atoms with van der Waals surface area (Å²) in [6.07, 6.45) is 0. The van der Waals surface area contributed by atoms with Crippen LogP contribution in [-0.4, -0.2) is 13.3 Å². The van der Waals surface area contributed by atoms with Crippen LogP contribution < -0.4 is 9.81 Å². The molecule has 0 radical (unpaired) electrons. The molecule has 0 spiro atoms. The highest BCUT2D eigenvalue weighted by Gasteiger charge is 2.20. The molecule has 1 aromatic heterocycles. The van der Waals surface area contributed by atoms with E-state index in [2.05, 4.69) is 0 Å². The number of benzene rings is 2. The summed E-state index contributed by atoms with van der Waals surface area (Å²) in [5, 5.41) is 10.9. The Hall–Kier alpha value is -3.20. The Labute approximate surface area is 135 Å². The van der Waals surface area contributed by atoms with Crippen molar-refractivity contribution in [3.05, 3.63) is 75.1 Å². The number of nitrogens with zero attached hydrogens (tertiary/aromatic N) is 1. The smallest absolute Gasteiger partial charge is 0.340 e. The minimum Gasteiger partial charge on any atom is -0.422 e. The Bertz CT molecular complexity index is 1080. The number of nitro groups is 1. The summed E-state index contributed by atoms with van der Waals surface area (Å²) < 4.78 is 34.6. The van der Waals surface area contributed by atoms with Crippen LogP contribution in [0.25, 0.3) is 11.0 Å². The van der Waals surface area contributed by atoms with Crippen molar-refractivity contribution in [1.29, 1.82) is 0 Å². The number of para-hydroxylation sites is 1. The largest absolute Gasteiger partial charge is 0.422 e. The third-order valence-corrected chi connectivity index (χ3v) is 4.40. The molecule has 0 N–H and O–H groups in total. The summed E-state index contributed by atoms with van der Waals surface area (Å²) in [5.74, 6) is -0.180. The molecule has 0 atom stereocenters. The molecule has 0 unspecified atom stereocenters. The van der Waals surface area contributed by atoms with Crippen molar-refractivity contribution in [2.45, 2.75) is 4.90 Å². The zero-order chi connectivity index (χ0) is 17.3. The van der Waals surface area contributed by atoms with Crippen LogP contribution in [0.2, 0.25) is 0 Å². The van der Waals surface area contributed by atoms with Crippen LogP contribution in [0.5, 0.6) is 5.75 Å². The van der Waals surface area contributed by atoms with E-state index in [4.69, 9.17) is 8.60 Å². The average molecular weight is 347 g/mol. The molecular formula is C15H9NO7S. The van der Waals surface area contributed by atoms with E-state index in [0.717, 1.165) is 30.3 Å². The van der Waals surface area contributed by atoms with Gasteiger partial charge in [0.25, 0.3) is 5.69 Å². The summed E-state index contributed by atoms with van der Waals surface area (Å²) in [6.45, 7) is 0. The standard InChI is InChI=1S/C15H9NO7S/c17-15-9-14(12-3-1-2-4-13(12)22-15)23-24(20,21)11-7-5-10(6-8-11)16(18)19/h1-9H. The molecule has 3 rings (SSSR count). The first-order valence-electron chi connectivity index (χ1n) is 6.59. The van der Waals surface area contributed by atoms with E-state index in [-0.39, 0.29) is 21.9 Å². The number of rotatable bonds is 4. The molecule has 0 fully saturated rings. The van der Waals surface area contributed by atoms with Crippen molar-refractivity contribution < 1.29 is 21.9 Å². The van der Waals surface area contributed by atoms with Crippen LogP contribution in [0.1, 0.15) is 0 Å². The van der Waals surface area contributed by atoms with Crippen LogP contribution in [0.3, 0.4) is 0 Å². The van der Waals surface area contributed by atoms with Gasteiger partial charge >= 0.3 is 15.7 Å². The fraction of sp³-hybridized carbons (Fsp3) is 0. The molecule has 0 saturated heterocycles. The van der Waals surface area contributed by atoms with E-state index in [0.29, 0.717) is 5.39 Å². The average Bonchev–Trinajstić information content (AvgIpc) is 2.54. The Morgan fingerprint density at radius 2 is 1.71 bits per heavy atom. The van der Waals surface area contributed by atoms with Crippen molar-refractivity contribution >= 4 is 26.8 Å². The van der Waals surface area contributed by atoms with Gasteiger partial charge in [-0.05, 0) is 24.3 Å². The second kappa shape index (κ2) is 5.78. The molecule has 0 aliphatic rings. The van der Waals surface area contributed by atoms with Gasteiger partial charge in [0.1, 0.15) is 10.5 Å². The third kappa shape index (κ3) is 2.97. The molecule has 0 aliphatic heterocycles. The van der Waals surface area contributed by atoms with Gasteiger partial charge in [-0.15, -0.1) is 0 Å². The highest BCUT2D eigenvalue weighted by Crippen LogP contribution is 2.27. The molecule has 122 valence electrons. The summed E-state index contributed by atoms with van der Waals surface area (Å²) in [4.78, 5) is 21.2. The van der Waals surface area contributed by atoms with Gasteiger partial charge in [-0.1, -0.05) is 12.1 Å². The normalized spacial score (nSPS) is 11.3. The van der Waals surface area contributed by atoms with E-state index in [1.54, 1.807) is 18.2 Å². The zero-order valence-electron chi connectivity index (χ0n) is 11.9. The predicted octanol–water partition coefficient (Wildman–Crippen LogP) is 2.47. The maximum atomic E-state index is 12.3. The molecule has 2 aromatic carbocycles. The Balaban J connectivity index is 2.04. The van der Waals surface area contributed by atoms with Crippen LogP contribution in [0.4, 0.5) is 5.69 Å². The Morgan fingerprint density at radius 3 is 2.38 bits per heavy atom. The fourth-order valence-electron chi connectivity index (χ4n) is 2.05. The minimum atomic E-state index is -4.27. The summed E-state index contributed by atoms with van der Waals surface area (Å²) >= 11 is 0. The maximum Gasteiger partial charge on any atom is 0.340 e. The summed E-state index contributed by atoms with van der Waals surface area (Å²) in [5.41, 5.74) is -0.832. The van der Waals surface area contributed by atoms with E-state index < -0.39 is 20.7 Å². The van der Waals surface area contributed by atoms with Gasteiger partial charge in [-0.3, -0.25) is 10.1 Å². The number of hydrogen-bond donors (Lipinski definition) is 0. The molecular weight excluding hydrogens is 338 g/mol. The molecule has 9 heteroatoms. The van der Waals surface area contributed by atoms with Gasteiger partial charge in [0, 0.05) is 12.1 Å².